The normalized spacial score (nSPS) is 17.4. The van der Waals surface area contributed by atoms with Crippen molar-refractivity contribution in [2.45, 2.75) is 19.8 Å². The first-order valence-electron chi connectivity index (χ1n) is 8.77. The van der Waals surface area contributed by atoms with E-state index >= 15 is 0 Å². The highest BCUT2D eigenvalue weighted by molar-refractivity contribution is 5.94. The van der Waals surface area contributed by atoms with Gasteiger partial charge in [-0.25, -0.2) is 0 Å². The average molecular weight is 339 g/mol. The van der Waals surface area contributed by atoms with Gasteiger partial charge in [0.1, 0.15) is 5.75 Å². The zero-order chi connectivity index (χ0) is 17.8. The average Bonchev–Trinajstić information content (AvgIpc) is 2.67. The second-order valence-corrected chi connectivity index (χ2v) is 6.70. The highest BCUT2D eigenvalue weighted by Gasteiger charge is 2.23. The molecule has 25 heavy (non-hydrogen) atoms. The zero-order valence-corrected chi connectivity index (χ0v) is 14.9. The number of aliphatic hydroxyl groups is 1. The minimum Gasteiger partial charge on any atom is -0.497 e. The lowest BCUT2D eigenvalue weighted by Gasteiger charge is -2.32. The summed E-state index contributed by atoms with van der Waals surface area (Å²) in [7, 11) is 1.66. The van der Waals surface area contributed by atoms with Gasteiger partial charge in [0, 0.05) is 25.3 Å². The Morgan fingerprint density at radius 2 is 2.00 bits per heavy atom. The van der Waals surface area contributed by atoms with Crippen LogP contribution in [-0.2, 0) is 0 Å². The number of hydrogen-bond donors (Lipinski definition) is 1. The third-order valence-corrected chi connectivity index (χ3v) is 4.94. The second kappa shape index (κ2) is 7.70. The molecule has 4 nitrogen and oxygen atoms in total. The van der Waals surface area contributed by atoms with E-state index in [2.05, 4.69) is 6.92 Å². The number of carbonyl (C=O) groups excluding carboxylic acids is 1. The van der Waals surface area contributed by atoms with E-state index in [0.717, 1.165) is 41.8 Å². The number of benzene rings is 2. The number of piperidine rings is 1. The van der Waals surface area contributed by atoms with E-state index < -0.39 is 0 Å². The number of likely N-dealkylation sites (tertiary alicyclic amines) is 1. The molecule has 2 aromatic carbocycles. The highest BCUT2D eigenvalue weighted by Crippen LogP contribution is 2.27. The number of aryl methyl sites for hydroxylation is 1. The predicted molar refractivity (Wildman–Crippen MR) is 98.9 cm³/mol. The molecule has 1 amide bonds. The fourth-order valence-electron chi connectivity index (χ4n) is 3.46. The summed E-state index contributed by atoms with van der Waals surface area (Å²) < 4.78 is 5.25. The van der Waals surface area contributed by atoms with Crippen molar-refractivity contribution in [1.82, 2.24) is 4.90 Å². The molecule has 3 rings (SSSR count). The minimum atomic E-state index is 0.0520. The molecular weight excluding hydrogens is 314 g/mol. The van der Waals surface area contributed by atoms with Gasteiger partial charge < -0.3 is 14.7 Å². The van der Waals surface area contributed by atoms with Crippen molar-refractivity contribution in [2.24, 2.45) is 5.92 Å². The molecule has 1 atom stereocenters. The number of amides is 1. The number of hydrogen-bond acceptors (Lipinski definition) is 3. The molecule has 1 fully saturated rings. The van der Waals surface area contributed by atoms with E-state index in [1.54, 1.807) is 7.11 Å². The van der Waals surface area contributed by atoms with Gasteiger partial charge in [0.15, 0.2) is 0 Å². The molecule has 1 aliphatic heterocycles. The Hall–Kier alpha value is -2.33. The van der Waals surface area contributed by atoms with Gasteiger partial charge in [-0.05, 0) is 66.6 Å². The number of carbonyl (C=O) groups is 1. The molecule has 132 valence electrons. The lowest BCUT2D eigenvalue weighted by Crippen LogP contribution is -2.40. The van der Waals surface area contributed by atoms with Crippen molar-refractivity contribution in [1.29, 1.82) is 0 Å². The Kier molecular flexibility index (Phi) is 5.39. The van der Waals surface area contributed by atoms with Gasteiger partial charge in [-0.2, -0.15) is 0 Å². The van der Waals surface area contributed by atoms with E-state index in [9.17, 15) is 9.90 Å². The number of nitrogens with zero attached hydrogens (tertiary/aromatic N) is 1. The largest absolute Gasteiger partial charge is 0.497 e. The van der Waals surface area contributed by atoms with Crippen LogP contribution in [0.4, 0.5) is 0 Å². The minimum absolute atomic E-state index is 0.0520. The van der Waals surface area contributed by atoms with Crippen molar-refractivity contribution in [2.75, 3.05) is 26.8 Å². The number of aliphatic hydroxyl groups excluding tert-OH is 1. The molecule has 0 spiro atoms. The number of rotatable bonds is 4. The summed E-state index contributed by atoms with van der Waals surface area (Å²) in [5.74, 6) is 1.10. The summed E-state index contributed by atoms with van der Waals surface area (Å²) in [5, 5.41) is 9.34. The quantitative estimate of drug-likeness (QED) is 0.927. The summed E-state index contributed by atoms with van der Waals surface area (Å²) >= 11 is 0. The molecule has 1 heterocycles. The Balaban J connectivity index is 1.77. The smallest absolute Gasteiger partial charge is 0.253 e. The molecule has 0 saturated carbocycles. The monoisotopic (exact) mass is 339 g/mol. The second-order valence-electron chi connectivity index (χ2n) is 6.70. The first-order chi connectivity index (χ1) is 12.1. The van der Waals surface area contributed by atoms with Crippen molar-refractivity contribution >= 4 is 5.91 Å². The lowest BCUT2D eigenvalue weighted by molar-refractivity contribution is 0.0621. The zero-order valence-electron chi connectivity index (χ0n) is 14.9. The van der Waals surface area contributed by atoms with Crippen LogP contribution < -0.4 is 4.74 Å². The van der Waals surface area contributed by atoms with Crippen LogP contribution in [0.1, 0.15) is 28.8 Å². The van der Waals surface area contributed by atoms with Crippen LogP contribution in [-0.4, -0.2) is 42.7 Å². The van der Waals surface area contributed by atoms with E-state index in [-0.39, 0.29) is 18.4 Å². The van der Waals surface area contributed by atoms with Gasteiger partial charge in [-0.3, -0.25) is 4.79 Å². The Labute approximate surface area is 149 Å². The highest BCUT2D eigenvalue weighted by atomic mass is 16.5. The van der Waals surface area contributed by atoms with Gasteiger partial charge in [0.25, 0.3) is 5.91 Å². The molecule has 0 bridgehead atoms. The maximum atomic E-state index is 12.7. The first kappa shape index (κ1) is 17.5. The summed E-state index contributed by atoms with van der Waals surface area (Å²) in [6.07, 6.45) is 1.95. The Morgan fingerprint density at radius 1 is 1.24 bits per heavy atom. The van der Waals surface area contributed by atoms with Crippen LogP contribution in [0.25, 0.3) is 11.1 Å². The van der Waals surface area contributed by atoms with Crippen LogP contribution >= 0.6 is 0 Å². The molecule has 0 aromatic heterocycles. The predicted octanol–water partition coefficient (Wildman–Crippen LogP) is 3.52. The van der Waals surface area contributed by atoms with Crippen molar-refractivity contribution in [3.05, 3.63) is 53.6 Å². The fourth-order valence-corrected chi connectivity index (χ4v) is 3.46. The molecule has 2 aromatic rings. The number of methoxy groups -OCH3 is 1. The Morgan fingerprint density at radius 3 is 2.64 bits per heavy atom. The van der Waals surface area contributed by atoms with Crippen molar-refractivity contribution in [3.8, 4) is 16.9 Å². The van der Waals surface area contributed by atoms with Gasteiger partial charge in [-0.15, -0.1) is 0 Å². The van der Waals surface area contributed by atoms with E-state index in [4.69, 9.17) is 4.74 Å². The molecule has 0 unspecified atom stereocenters. The van der Waals surface area contributed by atoms with Crippen LogP contribution in [0.3, 0.4) is 0 Å². The van der Waals surface area contributed by atoms with Crippen LogP contribution in [0.5, 0.6) is 5.75 Å². The van der Waals surface area contributed by atoms with Crippen LogP contribution in [0.2, 0.25) is 0 Å². The van der Waals surface area contributed by atoms with Gasteiger partial charge >= 0.3 is 0 Å². The maximum absolute atomic E-state index is 12.7. The van der Waals surface area contributed by atoms with Crippen LogP contribution in [0, 0.1) is 12.8 Å². The third-order valence-electron chi connectivity index (χ3n) is 4.94. The van der Waals surface area contributed by atoms with Gasteiger partial charge in [0.05, 0.1) is 7.11 Å². The van der Waals surface area contributed by atoms with Gasteiger partial charge in [-0.1, -0.05) is 18.2 Å². The molecule has 4 heteroatoms. The summed E-state index contributed by atoms with van der Waals surface area (Å²) in [6.45, 7) is 3.63. The fraction of sp³-hybridized carbons (Fsp3) is 0.381. The Bertz CT molecular complexity index is 739. The summed E-state index contributed by atoms with van der Waals surface area (Å²) in [4.78, 5) is 14.5. The van der Waals surface area contributed by atoms with Crippen molar-refractivity contribution < 1.29 is 14.6 Å². The lowest BCUT2D eigenvalue weighted by atomic mass is 9.97. The maximum Gasteiger partial charge on any atom is 0.253 e. The van der Waals surface area contributed by atoms with Crippen molar-refractivity contribution in [3.63, 3.8) is 0 Å². The van der Waals surface area contributed by atoms with E-state index in [1.165, 1.54) is 0 Å². The standard InChI is InChI=1S/C21H25NO3/c1-15-12-19(25-2)9-10-20(15)17-5-7-18(8-6-17)21(24)22-11-3-4-16(13-22)14-23/h5-10,12,16,23H,3-4,11,13-14H2,1-2H3/t16-/m0/s1. The topological polar surface area (TPSA) is 49.8 Å². The van der Waals surface area contributed by atoms with E-state index in [1.807, 2.05) is 47.4 Å². The molecule has 0 radical (unpaired) electrons. The molecule has 0 aliphatic carbocycles. The molecule has 1 saturated heterocycles. The van der Waals surface area contributed by atoms with Crippen LogP contribution in [0.15, 0.2) is 42.5 Å². The molecular formula is C21H25NO3. The molecule has 1 N–H and O–H groups in total. The summed E-state index contributed by atoms with van der Waals surface area (Å²) in [6, 6.07) is 13.8. The number of ether oxygens (including phenoxy) is 1. The molecule has 1 aliphatic rings. The third kappa shape index (κ3) is 3.85. The van der Waals surface area contributed by atoms with Gasteiger partial charge in [0.2, 0.25) is 0 Å². The van der Waals surface area contributed by atoms with E-state index in [0.29, 0.717) is 12.1 Å². The SMILES string of the molecule is COc1ccc(-c2ccc(C(=O)N3CCC[C@H](CO)C3)cc2)c(C)c1. The first-order valence-corrected chi connectivity index (χ1v) is 8.77. The summed E-state index contributed by atoms with van der Waals surface area (Å²) in [5.41, 5.74) is 4.07.